The molecule has 0 bridgehead atoms. The van der Waals surface area contributed by atoms with Crippen molar-refractivity contribution in [3.63, 3.8) is 0 Å². The van der Waals surface area contributed by atoms with Gasteiger partial charge in [0.05, 0.1) is 11.6 Å². The van der Waals surface area contributed by atoms with E-state index in [1.807, 2.05) is 6.07 Å². The molecule has 19 heavy (non-hydrogen) atoms. The maximum atomic E-state index is 13.3. The van der Waals surface area contributed by atoms with Gasteiger partial charge < -0.3 is 4.74 Å². The molecule has 2 aromatic rings. The Labute approximate surface area is 116 Å². The summed E-state index contributed by atoms with van der Waals surface area (Å²) in [4.78, 5) is 0. The number of aryl methyl sites for hydroxylation is 1. The van der Waals surface area contributed by atoms with E-state index in [1.165, 1.54) is 6.07 Å². The van der Waals surface area contributed by atoms with E-state index in [2.05, 4.69) is 0 Å². The quantitative estimate of drug-likeness (QED) is 0.839. The smallest absolute Gasteiger partial charge is 0.129 e. The summed E-state index contributed by atoms with van der Waals surface area (Å²) in [5.41, 5.74) is 1.82. The molecule has 2 aromatic carbocycles. The molecule has 0 radical (unpaired) electrons. The highest BCUT2D eigenvalue weighted by molar-refractivity contribution is 6.31. The van der Waals surface area contributed by atoms with E-state index in [-0.39, 0.29) is 12.4 Å². The van der Waals surface area contributed by atoms with Crippen molar-refractivity contribution in [1.82, 2.24) is 0 Å². The first kappa shape index (κ1) is 13.4. The Morgan fingerprint density at radius 1 is 1.26 bits per heavy atom. The van der Waals surface area contributed by atoms with Gasteiger partial charge in [-0.15, -0.1) is 0 Å². The first-order valence-corrected chi connectivity index (χ1v) is 6.05. The van der Waals surface area contributed by atoms with Crippen LogP contribution in [0.4, 0.5) is 4.39 Å². The number of nitriles is 1. The Morgan fingerprint density at radius 2 is 2.05 bits per heavy atom. The molecule has 2 nitrogen and oxygen atoms in total. The number of benzene rings is 2. The van der Waals surface area contributed by atoms with Crippen LogP contribution in [0.1, 0.15) is 16.7 Å². The van der Waals surface area contributed by atoms with Crippen molar-refractivity contribution < 1.29 is 9.13 Å². The zero-order chi connectivity index (χ0) is 13.8. The molecule has 0 aliphatic heterocycles. The summed E-state index contributed by atoms with van der Waals surface area (Å²) in [6.45, 7) is 1.92. The van der Waals surface area contributed by atoms with Gasteiger partial charge in [0.25, 0.3) is 0 Å². The molecule has 96 valence electrons. The monoisotopic (exact) mass is 275 g/mol. The van der Waals surface area contributed by atoms with E-state index < -0.39 is 0 Å². The third-order valence-electron chi connectivity index (χ3n) is 2.72. The van der Waals surface area contributed by atoms with Gasteiger partial charge in [-0.1, -0.05) is 23.7 Å². The van der Waals surface area contributed by atoms with Crippen LogP contribution in [0.3, 0.4) is 0 Å². The molecular formula is C15H11ClFNO. The van der Waals surface area contributed by atoms with E-state index in [9.17, 15) is 4.39 Å². The van der Waals surface area contributed by atoms with Crippen LogP contribution in [0.15, 0.2) is 36.4 Å². The molecule has 0 amide bonds. The van der Waals surface area contributed by atoms with Crippen molar-refractivity contribution in [3.8, 4) is 11.8 Å². The summed E-state index contributed by atoms with van der Waals surface area (Å²) >= 11 is 6.03. The molecule has 0 unspecified atom stereocenters. The second kappa shape index (κ2) is 5.73. The van der Waals surface area contributed by atoms with Crippen LogP contribution in [0.2, 0.25) is 5.02 Å². The Hall–Kier alpha value is -2.05. The summed E-state index contributed by atoms with van der Waals surface area (Å²) in [6.07, 6.45) is 0. The van der Waals surface area contributed by atoms with Crippen molar-refractivity contribution in [2.45, 2.75) is 13.5 Å². The van der Waals surface area contributed by atoms with Crippen LogP contribution in [0, 0.1) is 24.1 Å². The number of halogens is 2. The molecule has 0 aliphatic rings. The normalized spacial score (nSPS) is 10.0. The number of nitrogens with zero attached hydrogens (tertiary/aromatic N) is 1. The number of hydrogen-bond donors (Lipinski definition) is 0. The van der Waals surface area contributed by atoms with Crippen molar-refractivity contribution in [1.29, 1.82) is 5.26 Å². The number of hydrogen-bond acceptors (Lipinski definition) is 2. The van der Waals surface area contributed by atoms with E-state index in [1.54, 1.807) is 37.3 Å². The first-order chi connectivity index (χ1) is 9.10. The average molecular weight is 276 g/mol. The van der Waals surface area contributed by atoms with Gasteiger partial charge in [-0.3, -0.25) is 0 Å². The molecule has 4 heteroatoms. The Kier molecular flexibility index (Phi) is 4.03. The molecule has 0 aliphatic carbocycles. The Morgan fingerprint density at radius 3 is 2.68 bits per heavy atom. The van der Waals surface area contributed by atoms with Gasteiger partial charge in [-0.25, -0.2) is 4.39 Å². The summed E-state index contributed by atoms with van der Waals surface area (Å²) in [5.74, 6) is 0.145. The maximum absolute atomic E-state index is 13.3. The van der Waals surface area contributed by atoms with Crippen molar-refractivity contribution >= 4 is 11.6 Å². The minimum Gasteiger partial charge on any atom is -0.489 e. The SMILES string of the molecule is Cc1ccc(OCc2ccc(C#N)cc2Cl)cc1F. The molecule has 2 rings (SSSR count). The van der Waals surface area contributed by atoms with Gasteiger partial charge in [0, 0.05) is 16.7 Å². The maximum Gasteiger partial charge on any atom is 0.129 e. The minimum absolute atomic E-state index is 0.229. The molecule has 0 aromatic heterocycles. The predicted molar refractivity (Wildman–Crippen MR) is 71.6 cm³/mol. The second-order valence-electron chi connectivity index (χ2n) is 4.12. The van der Waals surface area contributed by atoms with Crippen LogP contribution >= 0.6 is 11.6 Å². The van der Waals surface area contributed by atoms with Crippen LogP contribution in [0.25, 0.3) is 0 Å². The molecule has 0 saturated carbocycles. The summed E-state index contributed by atoms with van der Waals surface area (Å²) in [5, 5.41) is 9.20. The van der Waals surface area contributed by atoms with E-state index in [4.69, 9.17) is 21.6 Å². The zero-order valence-corrected chi connectivity index (χ0v) is 11.0. The minimum atomic E-state index is -0.302. The molecule has 0 spiro atoms. The topological polar surface area (TPSA) is 33.0 Å². The fourth-order valence-electron chi connectivity index (χ4n) is 1.56. The van der Waals surface area contributed by atoms with Crippen molar-refractivity contribution in [2.75, 3.05) is 0 Å². The summed E-state index contributed by atoms with van der Waals surface area (Å²) in [7, 11) is 0. The standard InChI is InChI=1S/C15H11ClFNO/c1-10-2-5-13(7-15(10)17)19-9-12-4-3-11(8-18)6-14(12)16/h2-7H,9H2,1H3. The lowest BCUT2D eigenvalue weighted by molar-refractivity contribution is 0.304. The number of rotatable bonds is 3. The summed E-state index contributed by atoms with van der Waals surface area (Å²) < 4.78 is 18.8. The highest BCUT2D eigenvalue weighted by Gasteiger charge is 2.04. The molecule has 0 fully saturated rings. The lowest BCUT2D eigenvalue weighted by Crippen LogP contribution is -1.97. The van der Waals surface area contributed by atoms with Crippen molar-refractivity contribution in [3.05, 3.63) is 63.9 Å². The molecule has 0 heterocycles. The largest absolute Gasteiger partial charge is 0.489 e. The van der Waals surface area contributed by atoms with Gasteiger partial charge in [0.2, 0.25) is 0 Å². The summed E-state index contributed by atoms with van der Waals surface area (Å²) in [6, 6.07) is 11.7. The van der Waals surface area contributed by atoms with E-state index >= 15 is 0 Å². The zero-order valence-electron chi connectivity index (χ0n) is 10.3. The Bertz CT molecular complexity index is 649. The van der Waals surface area contributed by atoms with Crippen LogP contribution < -0.4 is 4.74 Å². The molecule has 0 saturated heterocycles. The lowest BCUT2D eigenvalue weighted by atomic mass is 10.1. The average Bonchev–Trinajstić information content (AvgIpc) is 2.41. The predicted octanol–water partition coefficient (Wildman–Crippen LogP) is 4.24. The van der Waals surface area contributed by atoms with E-state index in [0.29, 0.717) is 21.9 Å². The van der Waals surface area contributed by atoms with Gasteiger partial charge in [-0.05, 0) is 30.7 Å². The van der Waals surface area contributed by atoms with Crippen LogP contribution in [-0.4, -0.2) is 0 Å². The second-order valence-corrected chi connectivity index (χ2v) is 4.52. The lowest BCUT2D eigenvalue weighted by Gasteiger charge is -2.08. The van der Waals surface area contributed by atoms with Gasteiger partial charge in [-0.2, -0.15) is 5.26 Å². The highest BCUT2D eigenvalue weighted by atomic mass is 35.5. The highest BCUT2D eigenvalue weighted by Crippen LogP contribution is 2.21. The molecule has 0 atom stereocenters. The third kappa shape index (κ3) is 3.24. The molecular weight excluding hydrogens is 265 g/mol. The van der Waals surface area contributed by atoms with Gasteiger partial charge in [0.15, 0.2) is 0 Å². The fraction of sp³-hybridized carbons (Fsp3) is 0.133. The van der Waals surface area contributed by atoms with Gasteiger partial charge >= 0.3 is 0 Å². The van der Waals surface area contributed by atoms with Crippen LogP contribution in [-0.2, 0) is 6.61 Å². The van der Waals surface area contributed by atoms with Gasteiger partial charge in [0.1, 0.15) is 18.2 Å². The third-order valence-corrected chi connectivity index (χ3v) is 3.07. The van der Waals surface area contributed by atoms with E-state index in [0.717, 1.165) is 5.56 Å². The van der Waals surface area contributed by atoms with Crippen molar-refractivity contribution in [2.24, 2.45) is 0 Å². The fourth-order valence-corrected chi connectivity index (χ4v) is 1.79. The Balaban J connectivity index is 2.10. The molecule has 0 N–H and O–H groups in total. The van der Waals surface area contributed by atoms with Crippen LogP contribution in [0.5, 0.6) is 5.75 Å². The first-order valence-electron chi connectivity index (χ1n) is 5.67. The number of ether oxygens (including phenoxy) is 1.